The van der Waals surface area contributed by atoms with Gasteiger partial charge in [0.05, 0.1) is 7.11 Å². The van der Waals surface area contributed by atoms with Gasteiger partial charge >= 0.3 is 5.97 Å². The largest absolute Gasteiger partial charge is 0.466 e. The molecule has 0 heterocycles. The molecule has 0 atom stereocenters. The summed E-state index contributed by atoms with van der Waals surface area (Å²) >= 11 is 0. The van der Waals surface area contributed by atoms with Gasteiger partial charge in [-0.25, -0.2) is 4.79 Å². The zero-order valence-electron chi connectivity index (χ0n) is 25.8. The summed E-state index contributed by atoms with van der Waals surface area (Å²) < 4.78 is 4.42. The Kier molecular flexibility index (Phi) is 25.9. The number of hydrogen-bond acceptors (Lipinski definition) is 5. The molecule has 0 rings (SSSR count). The number of ether oxygens (including phenoxy) is 1. The summed E-state index contributed by atoms with van der Waals surface area (Å²) in [6, 6.07) is 0. The maximum absolute atomic E-state index is 12.0. The van der Waals surface area contributed by atoms with Crippen LogP contribution in [0.3, 0.4) is 0 Å². The number of carbonyl (C=O) groups is 4. The van der Waals surface area contributed by atoms with E-state index in [1.165, 1.54) is 14.0 Å². The van der Waals surface area contributed by atoms with Crippen LogP contribution in [0.4, 0.5) is 0 Å². The number of nitrogens with one attached hydrogen (secondary N) is 2. The molecule has 8 heteroatoms. The molecule has 8 nitrogen and oxygen atoms in total. The van der Waals surface area contributed by atoms with Gasteiger partial charge in [0.1, 0.15) is 0 Å². The van der Waals surface area contributed by atoms with Crippen molar-refractivity contribution in [3.05, 3.63) is 85.1 Å². The summed E-state index contributed by atoms with van der Waals surface area (Å²) in [4.78, 5) is 48.1. The Bertz CT molecular complexity index is 974. The van der Waals surface area contributed by atoms with E-state index < -0.39 is 11.9 Å². The van der Waals surface area contributed by atoms with Crippen LogP contribution in [0.1, 0.15) is 71.6 Å². The van der Waals surface area contributed by atoms with E-state index in [1.807, 2.05) is 6.08 Å². The number of carbonyl (C=O) groups excluding carboxylic acids is 4. The number of esters is 1. The van der Waals surface area contributed by atoms with E-state index in [0.29, 0.717) is 38.9 Å². The predicted molar refractivity (Wildman–Crippen MR) is 171 cm³/mol. The molecule has 0 aliphatic carbocycles. The topological polar surface area (TPSA) is 105 Å². The number of amides is 3. The molecule has 0 aromatic carbocycles. The fourth-order valence-electron chi connectivity index (χ4n) is 3.45. The highest BCUT2D eigenvalue weighted by Gasteiger charge is 2.09. The summed E-state index contributed by atoms with van der Waals surface area (Å²) in [5.41, 5.74) is 0. The van der Waals surface area contributed by atoms with Crippen molar-refractivity contribution in [1.29, 1.82) is 0 Å². The van der Waals surface area contributed by atoms with Crippen molar-refractivity contribution in [2.75, 3.05) is 33.3 Å². The standard InChI is InChI=1S/C34H51N3O5/c1-4-5-6-7-8-9-10-11-12-13-14-15-16-17-18-19-20-21-22-24-32(39)35-27-23-29-37(31(2)38)30-28-36-33(40)25-26-34(41)42-3/h5-6,8-9,11-12,14-15,17-18,20-21,25-26H,4,7,10,13,16,19,22-24,27-30H2,1-3H3,(H,35,39)(H,36,40)/b6-5-,9-8-,12-11-,15-14?,18-17-,21-20-,26-25+. The zero-order valence-corrected chi connectivity index (χ0v) is 25.8. The normalized spacial score (nSPS) is 12.2. The monoisotopic (exact) mass is 581 g/mol. The average Bonchev–Trinajstić information content (AvgIpc) is 2.98. The van der Waals surface area contributed by atoms with Crippen LogP contribution in [-0.4, -0.2) is 61.9 Å². The van der Waals surface area contributed by atoms with E-state index >= 15 is 0 Å². The summed E-state index contributed by atoms with van der Waals surface area (Å²) in [6.07, 6.45) is 35.5. The minimum atomic E-state index is -0.616. The molecule has 2 N–H and O–H groups in total. The minimum Gasteiger partial charge on any atom is -0.466 e. The Labute approximate surface area is 253 Å². The molecule has 0 unspecified atom stereocenters. The van der Waals surface area contributed by atoms with Crippen molar-refractivity contribution in [2.45, 2.75) is 71.6 Å². The van der Waals surface area contributed by atoms with Gasteiger partial charge in [0, 0.05) is 51.7 Å². The van der Waals surface area contributed by atoms with Gasteiger partial charge in [-0.15, -0.1) is 0 Å². The van der Waals surface area contributed by atoms with Gasteiger partial charge in [0.25, 0.3) is 0 Å². The first kappa shape index (κ1) is 38.1. The zero-order chi connectivity index (χ0) is 31.1. The number of allylic oxidation sites excluding steroid dienone is 12. The lowest BCUT2D eigenvalue weighted by Crippen LogP contribution is -2.38. The van der Waals surface area contributed by atoms with E-state index in [-0.39, 0.29) is 18.4 Å². The summed E-state index contributed by atoms with van der Waals surface area (Å²) in [7, 11) is 1.23. The molecule has 0 aromatic heterocycles. The smallest absolute Gasteiger partial charge is 0.330 e. The third-order valence-electron chi connectivity index (χ3n) is 5.76. The molecule has 232 valence electrons. The first-order chi connectivity index (χ1) is 20.4. The molecule has 0 aromatic rings. The van der Waals surface area contributed by atoms with Gasteiger partial charge in [0.2, 0.25) is 17.7 Å². The van der Waals surface area contributed by atoms with Crippen molar-refractivity contribution in [3.63, 3.8) is 0 Å². The third-order valence-corrected chi connectivity index (χ3v) is 5.76. The molecule has 0 aliphatic rings. The number of nitrogens with zero attached hydrogens (tertiary/aromatic N) is 1. The lowest BCUT2D eigenvalue weighted by atomic mass is 10.2. The van der Waals surface area contributed by atoms with Gasteiger partial charge in [-0.3, -0.25) is 14.4 Å². The van der Waals surface area contributed by atoms with Crippen LogP contribution in [0.25, 0.3) is 0 Å². The third kappa shape index (κ3) is 26.3. The van der Waals surface area contributed by atoms with Crippen molar-refractivity contribution in [3.8, 4) is 0 Å². The number of methoxy groups -OCH3 is 1. The molecule has 0 radical (unpaired) electrons. The summed E-state index contributed by atoms with van der Waals surface area (Å²) in [5, 5.41) is 5.48. The van der Waals surface area contributed by atoms with E-state index in [0.717, 1.165) is 50.7 Å². The van der Waals surface area contributed by atoms with Gasteiger partial charge < -0.3 is 20.3 Å². The molecule has 3 amide bonds. The maximum Gasteiger partial charge on any atom is 0.330 e. The van der Waals surface area contributed by atoms with Crippen LogP contribution in [0.5, 0.6) is 0 Å². The van der Waals surface area contributed by atoms with E-state index in [1.54, 1.807) is 4.90 Å². The van der Waals surface area contributed by atoms with Gasteiger partial charge in [-0.2, -0.15) is 0 Å². The molecule has 0 saturated heterocycles. The van der Waals surface area contributed by atoms with Crippen molar-refractivity contribution < 1.29 is 23.9 Å². The summed E-state index contributed by atoms with van der Waals surface area (Å²) in [6.45, 7) is 5.13. The van der Waals surface area contributed by atoms with Crippen LogP contribution in [0, 0.1) is 0 Å². The van der Waals surface area contributed by atoms with Gasteiger partial charge in [0.15, 0.2) is 0 Å². The van der Waals surface area contributed by atoms with Crippen LogP contribution in [0.15, 0.2) is 85.1 Å². The Morgan fingerprint density at radius 2 is 1.19 bits per heavy atom. The number of rotatable bonds is 23. The van der Waals surface area contributed by atoms with E-state index in [4.69, 9.17) is 0 Å². The fraction of sp³-hybridized carbons (Fsp3) is 0.471. The first-order valence-corrected chi connectivity index (χ1v) is 14.9. The first-order valence-electron chi connectivity index (χ1n) is 14.9. The highest BCUT2D eigenvalue weighted by Crippen LogP contribution is 1.98. The fourth-order valence-corrected chi connectivity index (χ4v) is 3.45. The molecule has 0 bridgehead atoms. The van der Waals surface area contributed by atoms with Crippen LogP contribution >= 0.6 is 0 Å². The molecule has 0 fully saturated rings. The highest BCUT2D eigenvalue weighted by atomic mass is 16.5. The second-order valence-electron chi connectivity index (χ2n) is 9.31. The number of hydrogen-bond donors (Lipinski definition) is 2. The molecular weight excluding hydrogens is 530 g/mol. The van der Waals surface area contributed by atoms with Crippen molar-refractivity contribution in [2.24, 2.45) is 0 Å². The quantitative estimate of drug-likeness (QED) is 0.0701. The van der Waals surface area contributed by atoms with E-state index in [2.05, 4.69) is 89.1 Å². The SMILES string of the molecule is CC/C=C\C/C=C\C/C=C\CC=CC/C=C\C/C=C\CCC(=O)NCCCN(CCNC(=O)/C=C/C(=O)OC)C(C)=O. The Hall–Kier alpha value is -3.94. The lowest BCUT2D eigenvalue weighted by Gasteiger charge is -2.21. The van der Waals surface area contributed by atoms with Gasteiger partial charge in [-0.1, -0.05) is 79.8 Å². The molecule has 0 aliphatic heterocycles. The van der Waals surface area contributed by atoms with Crippen LogP contribution < -0.4 is 10.6 Å². The minimum absolute atomic E-state index is 0.0199. The second kappa shape index (κ2) is 28.6. The average molecular weight is 582 g/mol. The molecule has 0 saturated carbocycles. The lowest BCUT2D eigenvalue weighted by molar-refractivity contribution is -0.135. The summed E-state index contributed by atoms with van der Waals surface area (Å²) in [5.74, 6) is -1.19. The van der Waals surface area contributed by atoms with E-state index in [9.17, 15) is 19.2 Å². The Balaban J connectivity index is 3.87. The highest BCUT2D eigenvalue weighted by molar-refractivity contribution is 5.94. The second-order valence-corrected chi connectivity index (χ2v) is 9.31. The Morgan fingerprint density at radius 1 is 0.667 bits per heavy atom. The predicted octanol–water partition coefficient (Wildman–Crippen LogP) is 5.66. The maximum atomic E-state index is 12.0. The van der Waals surface area contributed by atoms with Crippen molar-refractivity contribution >= 4 is 23.7 Å². The van der Waals surface area contributed by atoms with Crippen LogP contribution in [0.2, 0.25) is 0 Å². The van der Waals surface area contributed by atoms with Gasteiger partial charge in [-0.05, 0) is 51.4 Å². The van der Waals surface area contributed by atoms with Crippen LogP contribution in [-0.2, 0) is 23.9 Å². The van der Waals surface area contributed by atoms with Crippen molar-refractivity contribution in [1.82, 2.24) is 15.5 Å². The molecule has 0 spiro atoms. The molecular formula is C34H51N3O5. The Morgan fingerprint density at radius 3 is 1.69 bits per heavy atom. The molecule has 42 heavy (non-hydrogen) atoms.